The SMILES string of the molecule is O=C(O)CC(N1CC1)(N1CC1)N1CC1. The van der Waals surface area contributed by atoms with E-state index in [-0.39, 0.29) is 12.2 Å². The zero-order valence-corrected chi connectivity index (χ0v) is 8.15. The van der Waals surface area contributed by atoms with Gasteiger partial charge in [-0.05, 0) is 0 Å². The standard InChI is InChI=1S/C9H15N3O2/c13-8(14)7-9(10-1-2-10,11-3-4-11)12-5-6-12/h1-7H2,(H,13,14). The van der Waals surface area contributed by atoms with E-state index in [9.17, 15) is 4.79 Å². The molecule has 0 aromatic carbocycles. The lowest BCUT2D eigenvalue weighted by Gasteiger charge is -2.37. The van der Waals surface area contributed by atoms with Crippen molar-refractivity contribution in [2.45, 2.75) is 12.2 Å². The first-order valence-electron chi connectivity index (χ1n) is 5.20. The van der Waals surface area contributed by atoms with Gasteiger partial charge in [-0.15, -0.1) is 0 Å². The normalized spacial score (nSPS) is 27.7. The average molecular weight is 197 g/mol. The molecule has 3 heterocycles. The van der Waals surface area contributed by atoms with Crippen LogP contribution in [0.15, 0.2) is 0 Å². The van der Waals surface area contributed by atoms with Gasteiger partial charge in [0, 0.05) is 39.3 Å². The minimum absolute atomic E-state index is 0.243. The molecule has 1 N–H and O–H groups in total. The predicted molar refractivity (Wildman–Crippen MR) is 49.7 cm³/mol. The highest BCUT2D eigenvalue weighted by molar-refractivity contribution is 5.68. The molecule has 78 valence electrons. The van der Waals surface area contributed by atoms with Gasteiger partial charge in [-0.1, -0.05) is 0 Å². The number of nitrogens with zero attached hydrogens (tertiary/aromatic N) is 3. The van der Waals surface area contributed by atoms with Gasteiger partial charge in [0.15, 0.2) is 0 Å². The number of carboxylic acids is 1. The fraction of sp³-hybridized carbons (Fsp3) is 0.889. The second-order valence-electron chi connectivity index (χ2n) is 4.31. The van der Waals surface area contributed by atoms with Crippen molar-refractivity contribution in [1.82, 2.24) is 14.7 Å². The number of carboxylic acid groups (broad SMARTS) is 1. The number of hydrogen-bond donors (Lipinski definition) is 1. The van der Waals surface area contributed by atoms with Gasteiger partial charge < -0.3 is 5.11 Å². The molecule has 3 fully saturated rings. The number of aliphatic carboxylic acids is 1. The van der Waals surface area contributed by atoms with Crippen LogP contribution in [-0.2, 0) is 4.79 Å². The number of rotatable bonds is 5. The fourth-order valence-corrected chi connectivity index (χ4v) is 2.36. The van der Waals surface area contributed by atoms with Crippen LogP contribution in [0.3, 0.4) is 0 Å². The Morgan fingerprint density at radius 1 is 1.00 bits per heavy atom. The first-order valence-corrected chi connectivity index (χ1v) is 5.20. The van der Waals surface area contributed by atoms with Crippen LogP contribution in [0, 0.1) is 0 Å². The Morgan fingerprint density at radius 3 is 1.57 bits per heavy atom. The number of carbonyl (C=O) groups is 1. The lowest BCUT2D eigenvalue weighted by atomic mass is 10.2. The van der Waals surface area contributed by atoms with Crippen LogP contribution in [0.4, 0.5) is 0 Å². The molecular weight excluding hydrogens is 182 g/mol. The van der Waals surface area contributed by atoms with Gasteiger partial charge in [0.2, 0.25) is 0 Å². The van der Waals surface area contributed by atoms with Crippen LogP contribution in [0.1, 0.15) is 6.42 Å². The molecule has 0 radical (unpaired) electrons. The highest BCUT2D eigenvalue weighted by Gasteiger charge is 2.58. The van der Waals surface area contributed by atoms with Crippen LogP contribution in [0.25, 0.3) is 0 Å². The van der Waals surface area contributed by atoms with Gasteiger partial charge in [0.1, 0.15) is 5.79 Å². The van der Waals surface area contributed by atoms with E-state index in [0.29, 0.717) is 0 Å². The minimum atomic E-state index is -0.685. The second-order valence-corrected chi connectivity index (χ2v) is 4.31. The van der Waals surface area contributed by atoms with Gasteiger partial charge in [-0.25, -0.2) is 0 Å². The smallest absolute Gasteiger partial charge is 0.308 e. The highest BCUT2D eigenvalue weighted by atomic mass is 16.4. The second kappa shape index (κ2) is 2.68. The fourth-order valence-electron chi connectivity index (χ4n) is 2.36. The molecule has 0 saturated carbocycles. The molecule has 0 unspecified atom stereocenters. The van der Waals surface area contributed by atoms with Crippen LogP contribution < -0.4 is 0 Å². The molecule has 0 atom stereocenters. The van der Waals surface area contributed by atoms with Crippen LogP contribution in [-0.4, -0.2) is 70.8 Å². The molecule has 0 spiro atoms. The molecule has 3 aliphatic heterocycles. The Labute approximate surface area is 82.9 Å². The summed E-state index contributed by atoms with van der Waals surface area (Å²) in [5.41, 5.74) is 0. The Morgan fingerprint density at radius 2 is 1.36 bits per heavy atom. The Balaban J connectivity index is 1.84. The molecule has 0 aliphatic carbocycles. The average Bonchev–Trinajstić information content (AvgIpc) is 3.04. The third kappa shape index (κ3) is 1.24. The molecule has 0 aromatic rings. The van der Waals surface area contributed by atoms with Gasteiger partial charge >= 0.3 is 5.97 Å². The first-order chi connectivity index (χ1) is 6.73. The Bertz CT molecular complexity index is 238. The van der Waals surface area contributed by atoms with Crippen molar-refractivity contribution in [3.63, 3.8) is 0 Å². The molecule has 3 rings (SSSR count). The lowest BCUT2D eigenvalue weighted by Crippen LogP contribution is -2.54. The van der Waals surface area contributed by atoms with Gasteiger partial charge in [-0.3, -0.25) is 19.5 Å². The maximum atomic E-state index is 10.9. The molecule has 14 heavy (non-hydrogen) atoms. The zero-order chi connectivity index (χ0) is 9.76. The summed E-state index contributed by atoms with van der Waals surface area (Å²) in [5, 5.41) is 9.00. The van der Waals surface area contributed by atoms with Gasteiger partial charge in [0.25, 0.3) is 0 Å². The van der Waals surface area contributed by atoms with E-state index < -0.39 is 5.97 Å². The monoisotopic (exact) mass is 197 g/mol. The van der Waals surface area contributed by atoms with Crippen molar-refractivity contribution in [2.75, 3.05) is 39.3 Å². The van der Waals surface area contributed by atoms with E-state index in [1.54, 1.807) is 0 Å². The summed E-state index contributed by atoms with van der Waals surface area (Å²) in [6, 6.07) is 0. The minimum Gasteiger partial charge on any atom is -0.481 e. The maximum absolute atomic E-state index is 10.9. The van der Waals surface area contributed by atoms with Crippen molar-refractivity contribution in [3.8, 4) is 0 Å². The summed E-state index contributed by atoms with van der Waals surface area (Å²) < 4.78 is 0. The Kier molecular flexibility index (Phi) is 1.66. The van der Waals surface area contributed by atoms with E-state index in [2.05, 4.69) is 14.7 Å². The van der Waals surface area contributed by atoms with E-state index in [4.69, 9.17) is 5.11 Å². The van der Waals surface area contributed by atoms with Crippen LogP contribution in [0.5, 0.6) is 0 Å². The maximum Gasteiger partial charge on any atom is 0.308 e. The predicted octanol–water partition coefficient (Wildman–Crippen LogP) is -0.938. The third-order valence-corrected chi connectivity index (χ3v) is 3.25. The summed E-state index contributed by atoms with van der Waals surface area (Å²) in [6.07, 6.45) is 0.243. The van der Waals surface area contributed by atoms with E-state index in [1.165, 1.54) is 0 Å². The summed E-state index contributed by atoms with van der Waals surface area (Å²) in [5.74, 6) is -0.929. The summed E-state index contributed by atoms with van der Waals surface area (Å²) in [4.78, 5) is 17.8. The molecule has 0 bridgehead atoms. The van der Waals surface area contributed by atoms with Crippen molar-refractivity contribution in [2.24, 2.45) is 0 Å². The largest absolute Gasteiger partial charge is 0.481 e. The molecule has 3 saturated heterocycles. The quantitative estimate of drug-likeness (QED) is 0.576. The molecule has 5 nitrogen and oxygen atoms in total. The molecule has 0 aromatic heterocycles. The summed E-state index contributed by atoms with van der Waals surface area (Å²) in [7, 11) is 0. The third-order valence-electron chi connectivity index (χ3n) is 3.25. The van der Waals surface area contributed by atoms with E-state index in [1.807, 2.05) is 0 Å². The summed E-state index contributed by atoms with van der Waals surface area (Å²) in [6.45, 7) is 6.33. The lowest BCUT2D eigenvalue weighted by molar-refractivity contribution is -0.145. The topological polar surface area (TPSA) is 46.3 Å². The van der Waals surface area contributed by atoms with Crippen molar-refractivity contribution < 1.29 is 9.90 Å². The summed E-state index contributed by atoms with van der Waals surface area (Å²) >= 11 is 0. The molecule has 5 heteroatoms. The van der Waals surface area contributed by atoms with Crippen molar-refractivity contribution in [1.29, 1.82) is 0 Å². The highest BCUT2D eigenvalue weighted by Crippen LogP contribution is 2.41. The first kappa shape index (κ1) is 8.64. The van der Waals surface area contributed by atoms with Crippen LogP contribution >= 0.6 is 0 Å². The van der Waals surface area contributed by atoms with E-state index >= 15 is 0 Å². The van der Waals surface area contributed by atoms with E-state index in [0.717, 1.165) is 39.3 Å². The van der Waals surface area contributed by atoms with Gasteiger partial charge in [-0.2, -0.15) is 0 Å². The van der Waals surface area contributed by atoms with Crippen molar-refractivity contribution in [3.05, 3.63) is 0 Å². The number of hydrogen-bond acceptors (Lipinski definition) is 4. The molecule has 0 amide bonds. The van der Waals surface area contributed by atoms with Gasteiger partial charge in [0.05, 0.1) is 6.42 Å². The zero-order valence-electron chi connectivity index (χ0n) is 8.15. The van der Waals surface area contributed by atoms with Crippen molar-refractivity contribution >= 4 is 5.97 Å². The van der Waals surface area contributed by atoms with Crippen LogP contribution in [0.2, 0.25) is 0 Å². The molecule has 3 aliphatic rings. The Hall–Kier alpha value is -0.650. The molecular formula is C9H15N3O2.